The Labute approximate surface area is 109 Å². The lowest BCUT2D eigenvalue weighted by molar-refractivity contribution is -0.122. The molecule has 4 heteroatoms. The van der Waals surface area contributed by atoms with Crippen LogP contribution < -0.4 is 16.4 Å². The second-order valence-corrected chi connectivity index (χ2v) is 5.51. The first-order chi connectivity index (χ1) is 8.29. The molecular weight excluding hydrogens is 226 g/mol. The summed E-state index contributed by atoms with van der Waals surface area (Å²) in [6, 6.07) is 5.83. The smallest absolute Gasteiger partial charge is 0.222 e. The van der Waals surface area contributed by atoms with E-state index in [2.05, 4.69) is 10.6 Å². The van der Waals surface area contributed by atoms with E-state index in [1.807, 2.05) is 45.9 Å². The lowest BCUT2D eigenvalue weighted by Crippen LogP contribution is -2.41. The molecule has 0 aliphatic heterocycles. The number of anilines is 2. The van der Waals surface area contributed by atoms with Gasteiger partial charge in [0.15, 0.2) is 0 Å². The number of nitrogens with one attached hydrogen (secondary N) is 2. The predicted octanol–water partition coefficient (Wildman–Crippen LogP) is 2.29. The second-order valence-electron chi connectivity index (χ2n) is 5.51. The third-order valence-electron chi connectivity index (χ3n) is 2.51. The minimum absolute atomic E-state index is 0.0428. The summed E-state index contributed by atoms with van der Waals surface area (Å²) < 4.78 is 0. The summed E-state index contributed by atoms with van der Waals surface area (Å²) in [6.45, 7) is 8.45. The number of amides is 1. The van der Waals surface area contributed by atoms with Crippen LogP contribution in [0.3, 0.4) is 0 Å². The van der Waals surface area contributed by atoms with Gasteiger partial charge in [-0.05, 0) is 39.3 Å². The minimum Gasteiger partial charge on any atom is -0.397 e. The standard InChI is InChI=1S/C14H23N3O/c1-10-6-5-7-11(13(10)15)16-9-8-12(18)17-14(2,3)4/h5-7,16H,8-9,15H2,1-4H3,(H,17,18). The molecule has 100 valence electrons. The first-order valence-electron chi connectivity index (χ1n) is 6.19. The molecule has 1 aromatic carbocycles. The number of hydrogen-bond acceptors (Lipinski definition) is 3. The van der Waals surface area contributed by atoms with Crippen molar-refractivity contribution in [1.29, 1.82) is 0 Å². The molecule has 0 saturated heterocycles. The highest BCUT2D eigenvalue weighted by Crippen LogP contribution is 2.21. The summed E-state index contributed by atoms with van der Waals surface area (Å²) in [7, 11) is 0. The van der Waals surface area contributed by atoms with Gasteiger partial charge < -0.3 is 16.4 Å². The maximum absolute atomic E-state index is 11.6. The number of nitrogen functional groups attached to an aromatic ring is 1. The van der Waals surface area contributed by atoms with Crippen molar-refractivity contribution in [3.05, 3.63) is 23.8 Å². The molecule has 0 spiro atoms. The normalized spacial score (nSPS) is 11.1. The highest BCUT2D eigenvalue weighted by molar-refractivity contribution is 5.77. The Morgan fingerprint density at radius 2 is 2.00 bits per heavy atom. The van der Waals surface area contributed by atoms with Crippen LogP contribution >= 0.6 is 0 Å². The Morgan fingerprint density at radius 1 is 1.33 bits per heavy atom. The summed E-state index contributed by atoms with van der Waals surface area (Å²) in [5.41, 5.74) is 8.43. The third kappa shape index (κ3) is 4.65. The molecule has 0 aliphatic carbocycles. The van der Waals surface area contributed by atoms with Crippen LogP contribution in [0.1, 0.15) is 32.8 Å². The maximum Gasteiger partial charge on any atom is 0.222 e. The molecule has 4 N–H and O–H groups in total. The molecule has 1 rings (SSSR count). The molecular formula is C14H23N3O. The van der Waals surface area contributed by atoms with Gasteiger partial charge in [0.05, 0.1) is 11.4 Å². The Balaban J connectivity index is 2.43. The van der Waals surface area contributed by atoms with Gasteiger partial charge in [0.1, 0.15) is 0 Å². The summed E-state index contributed by atoms with van der Waals surface area (Å²) in [5.74, 6) is 0.0428. The molecule has 1 amide bonds. The molecule has 4 nitrogen and oxygen atoms in total. The van der Waals surface area contributed by atoms with Crippen molar-refractivity contribution in [2.24, 2.45) is 0 Å². The van der Waals surface area contributed by atoms with Crippen molar-refractivity contribution < 1.29 is 4.79 Å². The molecule has 0 fully saturated rings. The second kappa shape index (κ2) is 5.76. The van der Waals surface area contributed by atoms with Crippen LogP contribution in [0.25, 0.3) is 0 Å². The van der Waals surface area contributed by atoms with Crippen LogP contribution in [0.15, 0.2) is 18.2 Å². The molecule has 0 heterocycles. The fraction of sp³-hybridized carbons (Fsp3) is 0.500. The molecule has 0 radical (unpaired) electrons. The van der Waals surface area contributed by atoms with E-state index in [4.69, 9.17) is 5.73 Å². The van der Waals surface area contributed by atoms with Gasteiger partial charge in [-0.3, -0.25) is 4.79 Å². The molecule has 18 heavy (non-hydrogen) atoms. The van der Waals surface area contributed by atoms with E-state index in [1.54, 1.807) is 0 Å². The van der Waals surface area contributed by atoms with Crippen molar-refractivity contribution >= 4 is 17.3 Å². The highest BCUT2D eigenvalue weighted by atomic mass is 16.1. The maximum atomic E-state index is 11.6. The third-order valence-corrected chi connectivity index (χ3v) is 2.51. The number of carbonyl (C=O) groups is 1. The van der Waals surface area contributed by atoms with E-state index >= 15 is 0 Å². The minimum atomic E-state index is -0.181. The Morgan fingerprint density at radius 3 is 2.61 bits per heavy atom. The van der Waals surface area contributed by atoms with Gasteiger partial charge >= 0.3 is 0 Å². The number of aryl methyl sites for hydroxylation is 1. The van der Waals surface area contributed by atoms with Crippen molar-refractivity contribution in [2.75, 3.05) is 17.6 Å². The molecule has 0 aliphatic rings. The fourth-order valence-electron chi connectivity index (χ4n) is 1.63. The Hall–Kier alpha value is -1.71. The molecule has 0 bridgehead atoms. The average molecular weight is 249 g/mol. The van der Waals surface area contributed by atoms with Crippen molar-refractivity contribution in [3.8, 4) is 0 Å². The predicted molar refractivity (Wildman–Crippen MR) is 76.6 cm³/mol. The SMILES string of the molecule is Cc1cccc(NCCC(=O)NC(C)(C)C)c1N. The van der Waals surface area contributed by atoms with Crippen molar-refractivity contribution in [1.82, 2.24) is 5.32 Å². The topological polar surface area (TPSA) is 67.2 Å². The van der Waals surface area contributed by atoms with E-state index in [-0.39, 0.29) is 11.4 Å². The fourth-order valence-corrected chi connectivity index (χ4v) is 1.63. The van der Waals surface area contributed by atoms with Crippen LogP contribution in [0.5, 0.6) is 0 Å². The zero-order valence-corrected chi connectivity index (χ0v) is 11.6. The van der Waals surface area contributed by atoms with Crippen molar-refractivity contribution in [3.63, 3.8) is 0 Å². The number of nitrogens with two attached hydrogens (primary N) is 1. The number of carbonyl (C=O) groups excluding carboxylic acids is 1. The van der Waals surface area contributed by atoms with Gasteiger partial charge in [-0.15, -0.1) is 0 Å². The highest BCUT2D eigenvalue weighted by Gasteiger charge is 2.13. The van der Waals surface area contributed by atoms with E-state index < -0.39 is 0 Å². The molecule has 0 atom stereocenters. The number of para-hydroxylation sites is 1. The summed E-state index contributed by atoms with van der Waals surface area (Å²) in [6.07, 6.45) is 0.435. The van der Waals surface area contributed by atoms with E-state index in [1.165, 1.54) is 0 Å². The van der Waals surface area contributed by atoms with Crippen molar-refractivity contribution in [2.45, 2.75) is 39.7 Å². The van der Waals surface area contributed by atoms with E-state index in [0.717, 1.165) is 16.9 Å². The molecule has 0 unspecified atom stereocenters. The largest absolute Gasteiger partial charge is 0.397 e. The monoisotopic (exact) mass is 249 g/mol. The Kier molecular flexibility index (Phi) is 4.59. The van der Waals surface area contributed by atoms with Gasteiger partial charge in [0, 0.05) is 18.5 Å². The number of benzene rings is 1. The zero-order chi connectivity index (χ0) is 13.8. The zero-order valence-electron chi connectivity index (χ0n) is 11.6. The van der Waals surface area contributed by atoms with Gasteiger partial charge in [-0.1, -0.05) is 12.1 Å². The van der Waals surface area contributed by atoms with Gasteiger partial charge in [-0.2, -0.15) is 0 Å². The first-order valence-corrected chi connectivity index (χ1v) is 6.19. The molecule has 1 aromatic rings. The van der Waals surface area contributed by atoms with Crippen LogP contribution in [-0.4, -0.2) is 18.0 Å². The number of hydrogen-bond donors (Lipinski definition) is 3. The molecule has 0 aromatic heterocycles. The lowest BCUT2D eigenvalue weighted by atomic mass is 10.1. The summed E-state index contributed by atoms with van der Waals surface area (Å²) in [4.78, 5) is 11.6. The van der Waals surface area contributed by atoms with E-state index in [9.17, 15) is 4.79 Å². The van der Waals surface area contributed by atoms with E-state index in [0.29, 0.717) is 13.0 Å². The average Bonchev–Trinajstić information content (AvgIpc) is 2.21. The van der Waals surface area contributed by atoms with Gasteiger partial charge in [0.25, 0.3) is 0 Å². The lowest BCUT2D eigenvalue weighted by Gasteiger charge is -2.20. The van der Waals surface area contributed by atoms with Crippen LogP contribution in [0, 0.1) is 6.92 Å². The molecule has 0 saturated carbocycles. The number of rotatable bonds is 4. The van der Waals surface area contributed by atoms with Gasteiger partial charge in [0.2, 0.25) is 5.91 Å². The Bertz CT molecular complexity index is 422. The first kappa shape index (κ1) is 14.4. The summed E-state index contributed by atoms with van der Waals surface area (Å²) >= 11 is 0. The summed E-state index contributed by atoms with van der Waals surface area (Å²) in [5, 5.41) is 6.11. The van der Waals surface area contributed by atoms with Crippen LogP contribution in [0.2, 0.25) is 0 Å². The van der Waals surface area contributed by atoms with Gasteiger partial charge in [-0.25, -0.2) is 0 Å². The van der Waals surface area contributed by atoms with Crippen LogP contribution in [0.4, 0.5) is 11.4 Å². The quantitative estimate of drug-likeness (QED) is 0.717. The van der Waals surface area contributed by atoms with Crippen LogP contribution in [-0.2, 0) is 4.79 Å².